The molecule has 54 heavy (non-hydrogen) atoms. The summed E-state index contributed by atoms with van der Waals surface area (Å²) in [5.74, 6) is -0.170. The van der Waals surface area contributed by atoms with Crippen molar-refractivity contribution in [2.24, 2.45) is 5.92 Å². The quantitative estimate of drug-likeness (QED) is 0.182. The minimum Gasteiger partial charge on any atom is -0.453 e. The van der Waals surface area contributed by atoms with E-state index < -0.39 is 18.4 Å². The minimum atomic E-state index is -0.879. The molecule has 0 aromatic heterocycles. The molecule has 290 valence electrons. The number of hydrogen-bond acceptors (Lipinski definition) is 8. The van der Waals surface area contributed by atoms with E-state index in [0.29, 0.717) is 24.9 Å². The Labute approximate surface area is 319 Å². The summed E-state index contributed by atoms with van der Waals surface area (Å²) in [5, 5.41) is 15.8. The van der Waals surface area contributed by atoms with E-state index in [1.165, 1.54) is 26.2 Å². The number of benzene rings is 3. The first-order valence-corrected chi connectivity index (χ1v) is 19.6. The number of piperidine rings is 1. The molecule has 10 heteroatoms. The van der Waals surface area contributed by atoms with E-state index in [2.05, 4.69) is 15.5 Å². The van der Waals surface area contributed by atoms with Gasteiger partial charge in [0.2, 0.25) is 5.91 Å². The van der Waals surface area contributed by atoms with Gasteiger partial charge in [-0.25, -0.2) is 0 Å². The highest BCUT2D eigenvalue weighted by atomic mass is 16.7. The largest absolute Gasteiger partial charge is 0.453 e. The number of esters is 1. The molecule has 2 aliphatic heterocycles. The van der Waals surface area contributed by atoms with Gasteiger partial charge in [0.15, 0.2) is 12.4 Å². The van der Waals surface area contributed by atoms with Crippen molar-refractivity contribution < 1.29 is 33.7 Å². The number of amides is 2. The molecule has 2 saturated heterocycles. The van der Waals surface area contributed by atoms with Gasteiger partial charge in [-0.3, -0.25) is 19.3 Å². The van der Waals surface area contributed by atoms with Gasteiger partial charge in [0.05, 0.1) is 24.9 Å². The number of carbonyl (C=O) groups excluding carboxylic acids is 3. The topological polar surface area (TPSA) is 126 Å². The lowest BCUT2D eigenvalue weighted by Gasteiger charge is -2.50. The number of fused-ring (bicyclic) bond motifs is 1. The number of aliphatic hydroxyl groups is 1. The maximum absolute atomic E-state index is 13.8. The fraction of sp³-hybridized carbons (Fsp3) is 0.523. The standard InChI is InChI=1S/C44H57N3O7/c1-28(52-29(2)49)41(50)45-25-35-11-6-8-12-37(35)31-18-20-34(21-19-31)43-53-36(24-40(54-43)33-16-14-30(27-48)15-17-33)26-47-38-13-9-7-10-32(38)22-23-39(47)42(51)46-44(3,4)5/h6,8,11-12,14-21,28,32,36,38-40,43,48H,7,9-10,13,22-27H2,1-5H3,(H,45,50)(H,46,51)/t28-,32+,36-,38+,39+,40+,43+/m0/s1. The minimum absolute atomic E-state index is 0.0229. The van der Waals surface area contributed by atoms with Crippen LogP contribution in [0, 0.1) is 5.92 Å². The lowest BCUT2D eigenvalue weighted by molar-refractivity contribution is -0.255. The summed E-state index contributed by atoms with van der Waals surface area (Å²) in [7, 11) is 0. The molecule has 3 aliphatic rings. The Bertz CT molecular complexity index is 1740. The van der Waals surface area contributed by atoms with E-state index in [0.717, 1.165) is 52.6 Å². The van der Waals surface area contributed by atoms with Crippen LogP contribution in [0.4, 0.5) is 0 Å². The molecule has 6 rings (SSSR count). The zero-order valence-corrected chi connectivity index (χ0v) is 32.4. The number of carbonyl (C=O) groups is 3. The Balaban J connectivity index is 1.24. The summed E-state index contributed by atoms with van der Waals surface area (Å²) in [5.41, 5.74) is 5.32. The molecule has 3 aromatic carbocycles. The first-order chi connectivity index (χ1) is 25.9. The van der Waals surface area contributed by atoms with Crippen molar-refractivity contribution in [1.29, 1.82) is 0 Å². The lowest BCUT2D eigenvalue weighted by Crippen LogP contribution is -2.61. The van der Waals surface area contributed by atoms with Gasteiger partial charge in [-0.05, 0) is 87.1 Å². The SMILES string of the molecule is CC(=O)O[C@@H](C)C(=O)NCc1ccccc1-c1ccc([C@@H]2O[C@H](CN3[C@@H](C(=O)NC(C)(C)C)CC[C@H]4CCCC[C@H]43)C[C@H](c3ccc(CO)cc3)O2)cc1. The van der Waals surface area contributed by atoms with E-state index in [9.17, 15) is 19.5 Å². The highest BCUT2D eigenvalue weighted by Crippen LogP contribution is 2.42. The summed E-state index contributed by atoms with van der Waals surface area (Å²) < 4.78 is 18.6. The molecule has 0 radical (unpaired) electrons. The van der Waals surface area contributed by atoms with Gasteiger partial charge in [0.25, 0.3) is 5.91 Å². The van der Waals surface area contributed by atoms with Gasteiger partial charge in [-0.15, -0.1) is 0 Å². The van der Waals surface area contributed by atoms with Crippen LogP contribution in [-0.2, 0) is 41.7 Å². The Hall–Kier alpha value is -4.09. The van der Waals surface area contributed by atoms with Crippen LogP contribution < -0.4 is 10.6 Å². The molecule has 3 N–H and O–H groups in total. The summed E-state index contributed by atoms with van der Waals surface area (Å²) in [6, 6.07) is 24.1. The Morgan fingerprint density at radius 2 is 1.61 bits per heavy atom. The van der Waals surface area contributed by atoms with Gasteiger partial charge in [0, 0.05) is 43.6 Å². The van der Waals surface area contributed by atoms with E-state index in [4.69, 9.17) is 14.2 Å². The van der Waals surface area contributed by atoms with Crippen molar-refractivity contribution in [2.45, 2.75) is 135 Å². The van der Waals surface area contributed by atoms with Crippen LogP contribution in [0.25, 0.3) is 11.1 Å². The van der Waals surface area contributed by atoms with Crippen LogP contribution in [-0.4, -0.2) is 64.2 Å². The van der Waals surface area contributed by atoms with Crippen LogP contribution in [0.3, 0.4) is 0 Å². The molecule has 3 fully saturated rings. The molecule has 3 aromatic rings. The monoisotopic (exact) mass is 739 g/mol. The maximum Gasteiger partial charge on any atom is 0.303 e. The van der Waals surface area contributed by atoms with Crippen molar-refractivity contribution in [1.82, 2.24) is 15.5 Å². The van der Waals surface area contributed by atoms with E-state index in [1.807, 2.05) is 93.6 Å². The van der Waals surface area contributed by atoms with Crippen molar-refractivity contribution in [3.63, 3.8) is 0 Å². The maximum atomic E-state index is 13.8. The second-order valence-electron chi connectivity index (χ2n) is 16.2. The summed E-state index contributed by atoms with van der Waals surface area (Å²) in [6.07, 6.45) is 5.36. The number of hydrogen-bond donors (Lipinski definition) is 3. The fourth-order valence-electron chi connectivity index (χ4n) is 8.40. The Morgan fingerprint density at radius 1 is 0.907 bits per heavy atom. The van der Waals surface area contributed by atoms with Crippen LogP contribution in [0.15, 0.2) is 72.8 Å². The van der Waals surface area contributed by atoms with Gasteiger partial charge in [0.1, 0.15) is 0 Å². The van der Waals surface area contributed by atoms with Crippen LogP contribution in [0.2, 0.25) is 0 Å². The highest BCUT2D eigenvalue weighted by molar-refractivity contribution is 5.83. The number of nitrogens with one attached hydrogen (secondary N) is 2. The number of ether oxygens (including phenoxy) is 3. The number of nitrogens with zero attached hydrogens (tertiary/aromatic N) is 1. The smallest absolute Gasteiger partial charge is 0.303 e. The van der Waals surface area contributed by atoms with Crippen molar-refractivity contribution in [2.75, 3.05) is 6.54 Å². The number of rotatable bonds is 11. The molecular formula is C44H57N3O7. The third-order valence-electron chi connectivity index (χ3n) is 11.0. The van der Waals surface area contributed by atoms with Crippen molar-refractivity contribution in [3.8, 4) is 11.1 Å². The number of likely N-dealkylation sites (tertiary alicyclic amines) is 1. The summed E-state index contributed by atoms with van der Waals surface area (Å²) in [6.45, 7) is 9.85. The third kappa shape index (κ3) is 9.96. The van der Waals surface area contributed by atoms with Crippen LogP contribution >= 0.6 is 0 Å². The molecule has 10 nitrogen and oxygen atoms in total. The van der Waals surface area contributed by atoms with Crippen LogP contribution in [0.5, 0.6) is 0 Å². The van der Waals surface area contributed by atoms with Gasteiger partial charge in [-0.2, -0.15) is 0 Å². The molecule has 0 spiro atoms. The zero-order valence-electron chi connectivity index (χ0n) is 32.4. The fourth-order valence-corrected chi connectivity index (χ4v) is 8.40. The molecule has 0 unspecified atom stereocenters. The molecule has 1 aliphatic carbocycles. The predicted molar refractivity (Wildman–Crippen MR) is 207 cm³/mol. The van der Waals surface area contributed by atoms with Gasteiger partial charge in [-0.1, -0.05) is 85.6 Å². The molecule has 2 amide bonds. The van der Waals surface area contributed by atoms with E-state index >= 15 is 0 Å². The first kappa shape index (κ1) is 39.6. The third-order valence-corrected chi connectivity index (χ3v) is 11.0. The average molecular weight is 740 g/mol. The van der Waals surface area contributed by atoms with E-state index in [1.54, 1.807) is 6.92 Å². The highest BCUT2D eigenvalue weighted by Gasteiger charge is 2.44. The normalized spacial score (nSPS) is 25.2. The second-order valence-corrected chi connectivity index (χ2v) is 16.2. The molecule has 2 heterocycles. The van der Waals surface area contributed by atoms with Gasteiger partial charge < -0.3 is 30.0 Å². The van der Waals surface area contributed by atoms with Crippen molar-refractivity contribution >= 4 is 17.8 Å². The van der Waals surface area contributed by atoms with Crippen LogP contribution in [0.1, 0.15) is 114 Å². The lowest BCUT2D eigenvalue weighted by atomic mass is 9.75. The average Bonchev–Trinajstić information content (AvgIpc) is 3.16. The second kappa shape index (κ2) is 17.6. The molecule has 0 bridgehead atoms. The van der Waals surface area contributed by atoms with Crippen molar-refractivity contribution in [3.05, 3.63) is 95.1 Å². The number of aliphatic hydroxyl groups excluding tert-OH is 1. The Kier molecular flexibility index (Phi) is 12.9. The van der Waals surface area contributed by atoms with Gasteiger partial charge >= 0.3 is 5.97 Å². The molecule has 7 atom stereocenters. The Morgan fingerprint density at radius 3 is 2.31 bits per heavy atom. The summed E-state index contributed by atoms with van der Waals surface area (Å²) >= 11 is 0. The first-order valence-electron chi connectivity index (χ1n) is 19.6. The van der Waals surface area contributed by atoms with E-state index in [-0.39, 0.29) is 48.8 Å². The molecule has 1 saturated carbocycles. The molecular weight excluding hydrogens is 682 g/mol. The summed E-state index contributed by atoms with van der Waals surface area (Å²) in [4.78, 5) is 40.2. The predicted octanol–water partition coefficient (Wildman–Crippen LogP) is 6.90. The zero-order chi connectivity index (χ0) is 38.4.